The van der Waals surface area contributed by atoms with Crippen molar-refractivity contribution in [3.63, 3.8) is 0 Å². The van der Waals surface area contributed by atoms with Gasteiger partial charge in [0.1, 0.15) is 10.7 Å². The average molecular weight is 431 g/mol. The molecule has 0 aliphatic heterocycles. The first kappa shape index (κ1) is 18.2. The number of aromatic nitrogens is 2. The van der Waals surface area contributed by atoms with E-state index < -0.39 is 0 Å². The van der Waals surface area contributed by atoms with Gasteiger partial charge in [-0.25, -0.2) is 9.97 Å². The summed E-state index contributed by atoms with van der Waals surface area (Å²) in [6, 6.07) is 11.3. The minimum absolute atomic E-state index is 0.127. The van der Waals surface area contributed by atoms with Gasteiger partial charge in [0.15, 0.2) is 5.01 Å². The second-order valence-electron chi connectivity index (χ2n) is 5.59. The molecule has 0 radical (unpaired) electrons. The van der Waals surface area contributed by atoms with E-state index in [0.29, 0.717) is 15.9 Å². The van der Waals surface area contributed by atoms with Crippen LogP contribution in [0.3, 0.4) is 0 Å². The monoisotopic (exact) mass is 430 g/mol. The number of halogens is 1. The number of thiazole rings is 1. The Balaban J connectivity index is 1.77. The normalized spacial score (nSPS) is 10.5. The first-order valence-corrected chi connectivity index (χ1v) is 9.27. The van der Waals surface area contributed by atoms with Crippen molar-refractivity contribution in [2.24, 2.45) is 0 Å². The molecule has 2 N–H and O–H groups in total. The Hall–Kier alpha value is -2.58. The van der Waals surface area contributed by atoms with E-state index in [4.69, 9.17) is 5.73 Å². The number of carbonyl (C=O) groups is 2. The highest BCUT2D eigenvalue weighted by molar-refractivity contribution is 9.10. The lowest BCUT2D eigenvalue weighted by Crippen LogP contribution is -2.25. The third-order valence-corrected chi connectivity index (χ3v) is 5.07. The number of amides is 1. The topological polar surface area (TPSA) is 89.2 Å². The molecule has 0 aliphatic rings. The van der Waals surface area contributed by atoms with Gasteiger partial charge in [0.2, 0.25) is 5.78 Å². The number of anilines is 1. The summed E-state index contributed by atoms with van der Waals surface area (Å²) >= 11 is 4.31. The summed E-state index contributed by atoms with van der Waals surface area (Å²) < 4.78 is 0.644. The molecule has 6 nitrogen and oxygen atoms in total. The predicted molar refractivity (Wildman–Crippen MR) is 104 cm³/mol. The molecule has 26 heavy (non-hydrogen) atoms. The molecule has 0 bridgehead atoms. The summed E-state index contributed by atoms with van der Waals surface area (Å²) in [6.07, 6.45) is 2.94. The van der Waals surface area contributed by atoms with Crippen molar-refractivity contribution in [1.82, 2.24) is 14.9 Å². The van der Waals surface area contributed by atoms with E-state index in [9.17, 15) is 9.59 Å². The van der Waals surface area contributed by atoms with Crippen LogP contribution in [0.15, 0.2) is 53.3 Å². The fourth-order valence-electron chi connectivity index (χ4n) is 2.34. The van der Waals surface area contributed by atoms with Crippen molar-refractivity contribution in [3.05, 3.63) is 74.3 Å². The van der Waals surface area contributed by atoms with Gasteiger partial charge < -0.3 is 10.6 Å². The summed E-state index contributed by atoms with van der Waals surface area (Å²) in [5.41, 5.74) is 7.06. The zero-order valence-corrected chi connectivity index (χ0v) is 16.3. The lowest BCUT2D eigenvalue weighted by molar-refractivity contribution is 0.0789. The van der Waals surface area contributed by atoms with E-state index in [1.807, 2.05) is 30.3 Å². The Labute approximate surface area is 162 Å². The minimum atomic E-state index is -0.355. The highest BCUT2D eigenvalue weighted by Gasteiger charge is 2.21. The number of carbonyl (C=O) groups excluding carboxylic acids is 2. The van der Waals surface area contributed by atoms with Crippen molar-refractivity contribution in [1.29, 1.82) is 0 Å². The Morgan fingerprint density at radius 2 is 1.92 bits per heavy atom. The molecule has 0 unspecified atom stereocenters. The average Bonchev–Trinajstić information content (AvgIpc) is 3.13. The van der Waals surface area contributed by atoms with Gasteiger partial charge >= 0.3 is 0 Å². The molecule has 0 fully saturated rings. The second-order valence-corrected chi connectivity index (χ2v) is 7.54. The summed E-state index contributed by atoms with van der Waals surface area (Å²) in [4.78, 5) is 35.2. The highest BCUT2D eigenvalue weighted by atomic mass is 79.9. The molecule has 2 aromatic heterocycles. The van der Waals surface area contributed by atoms with E-state index in [1.165, 1.54) is 12.4 Å². The van der Waals surface area contributed by atoms with Gasteiger partial charge in [0, 0.05) is 24.3 Å². The van der Waals surface area contributed by atoms with Gasteiger partial charge in [-0.3, -0.25) is 9.59 Å². The van der Waals surface area contributed by atoms with Gasteiger partial charge in [-0.15, -0.1) is 11.3 Å². The van der Waals surface area contributed by atoms with Gasteiger partial charge in [0.05, 0.1) is 11.8 Å². The van der Waals surface area contributed by atoms with Crippen LogP contribution in [0.25, 0.3) is 0 Å². The van der Waals surface area contributed by atoms with E-state index in [2.05, 4.69) is 25.9 Å². The van der Waals surface area contributed by atoms with Gasteiger partial charge in [-0.1, -0.05) is 30.3 Å². The molecule has 3 rings (SSSR count). The van der Waals surface area contributed by atoms with Gasteiger partial charge in [-0.2, -0.15) is 0 Å². The molecular formula is C18H15BrN4O2S. The molecule has 0 spiro atoms. The minimum Gasteiger partial charge on any atom is -0.383 e. The molecule has 2 heterocycles. The summed E-state index contributed by atoms with van der Waals surface area (Å²) in [5.74, 6) is -0.417. The van der Waals surface area contributed by atoms with Crippen molar-refractivity contribution >= 4 is 44.8 Å². The smallest absolute Gasteiger partial charge is 0.265 e. The molecule has 0 saturated carbocycles. The van der Waals surface area contributed by atoms with E-state index >= 15 is 0 Å². The van der Waals surface area contributed by atoms with Crippen LogP contribution in [0, 0.1) is 0 Å². The lowest BCUT2D eigenvalue weighted by Gasteiger charge is -2.15. The number of nitrogen functional groups attached to an aromatic ring is 1. The van der Waals surface area contributed by atoms with Crippen LogP contribution in [-0.4, -0.2) is 33.6 Å². The largest absolute Gasteiger partial charge is 0.383 e. The maximum atomic E-state index is 12.6. The first-order chi connectivity index (χ1) is 12.5. The molecule has 0 aliphatic carbocycles. The number of nitrogens with zero attached hydrogens (tertiary/aromatic N) is 3. The van der Waals surface area contributed by atoms with Crippen LogP contribution in [0.1, 0.15) is 30.6 Å². The van der Waals surface area contributed by atoms with Gasteiger partial charge in [0.25, 0.3) is 5.91 Å². The van der Waals surface area contributed by atoms with Crippen LogP contribution in [0.2, 0.25) is 0 Å². The number of hydrogen-bond acceptors (Lipinski definition) is 6. The Morgan fingerprint density at radius 1 is 1.19 bits per heavy atom. The summed E-state index contributed by atoms with van der Waals surface area (Å²) in [7, 11) is 1.72. The maximum Gasteiger partial charge on any atom is 0.265 e. The predicted octanol–water partition coefficient (Wildman–Crippen LogP) is 3.39. The number of hydrogen-bond donors (Lipinski definition) is 1. The molecule has 8 heteroatoms. The van der Waals surface area contributed by atoms with Crippen molar-refractivity contribution in [2.45, 2.75) is 6.54 Å². The SMILES string of the molecule is CN(Cc1ccccc1)C(=O)c1cnc(C(=O)c2cc(Br)cnc2N)s1. The zero-order valence-electron chi connectivity index (χ0n) is 13.8. The van der Waals surface area contributed by atoms with E-state index in [1.54, 1.807) is 18.0 Å². The van der Waals surface area contributed by atoms with E-state index in [0.717, 1.165) is 16.9 Å². The van der Waals surface area contributed by atoms with E-state index in [-0.39, 0.29) is 28.1 Å². The number of ketones is 1. The molecule has 3 aromatic rings. The van der Waals surface area contributed by atoms with Crippen molar-refractivity contribution < 1.29 is 9.59 Å². The second kappa shape index (κ2) is 7.76. The maximum absolute atomic E-state index is 12.6. The van der Waals surface area contributed by atoms with Crippen molar-refractivity contribution in [2.75, 3.05) is 12.8 Å². The fraction of sp³-hybridized carbons (Fsp3) is 0.111. The highest BCUT2D eigenvalue weighted by Crippen LogP contribution is 2.23. The Morgan fingerprint density at radius 3 is 2.65 bits per heavy atom. The van der Waals surface area contributed by atoms with Crippen molar-refractivity contribution in [3.8, 4) is 0 Å². The summed E-state index contributed by atoms with van der Waals surface area (Å²) in [6.45, 7) is 0.476. The molecule has 1 amide bonds. The quantitative estimate of drug-likeness (QED) is 0.626. The molecule has 1 aromatic carbocycles. The number of rotatable bonds is 5. The fourth-order valence-corrected chi connectivity index (χ4v) is 3.54. The molecule has 0 atom stereocenters. The van der Waals surface area contributed by atoms with Crippen LogP contribution in [0.4, 0.5) is 5.82 Å². The third-order valence-electron chi connectivity index (χ3n) is 3.65. The number of pyridine rings is 1. The Bertz CT molecular complexity index is 959. The number of benzene rings is 1. The van der Waals surface area contributed by atoms with Crippen LogP contribution in [-0.2, 0) is 6.54 Å². The lowest BCUT2D eigenvalue weighted by atomic mass is 10.2. The third kappa shape index (κ3) is 3.97. The molecule has 132 valence electrons. The first-order valence-electron chi connectivity index (χ1n) is 7.66. The molecular weight excluding hydrogens is 416 g/mol. The zero-order chi connectivity index (χ0) is 18.7. The van der Waals surface area contributed by atoms with Crippen LogP contribution in [0.5, 0.6) is 0 Å². The summed E-state index contributed by atoms with van der Waals surface area (Å²) in [5, 5.41) is 0.202. The standard InChI is InChI=1S/C18H15BrN4O2S/c1-23(10-11-5-3-2-4-6-11)18(25)14-9-22-17(26-14)15(24)13-7-12(19)8-21-16(13)20/h2-9H,10H2,1H3,(H2,20,21). The van der Waals surface area contributed by atoms with Gasteiger partial charge in [-0.05, 0) is 27.6 Å². The van der Waals surface area contributed by atoms with Crippen LogP contribution >= 0.6 is 27.3 Å². The molecule has 0 saturated heterocycles. The Kier molecular flexibility index (Phi) is 5.43. The van der Waals surface area contributed by atoms with Crippen LogP contribution < -0.4 is 5.73 Å². The number of nitrogens with two attached hydrogens (primary N) is 1.